The Morgan fingerprint density at radius 2 is 1.52 bits per heavy atom. The van der Waals surface area contributed by atoms with Crippen LogP contribution >= 0.6 is 23.2 Å². The maximum atomic E-state index is 13.5. The van der Waals surface area contributed by atoms with Crippen LogP contribution in [0.3, 0.4) is 0 Å². The maximum absolute atomic E-state index is 13.5. The van der Waals surface area contributed by atoms with Gasteiger partial charge < -0.3 is 4.74 Å². The summed E-state index contributed by atoms with van der Waals surface area (Å²) in [6, 6.07) is 10.6. The third kappa shape index (κ3) is 4.48. The molecule has 1 saturated carbocycles. The molecule has 2 aliphatic rings. The number of Topliss-reactive ketones (excluding diaryl/α,β-unsaturated/α-hetero) is 1. The second kappa shape index (κ2) is 9.53. The lowest BCUT2D eigenvalue weighted by Gasteiger charge is -2.30. The number of carbonyl (C=O) groups excluding carboxylic acids is 4. The molecular weight excluding hydrogens is 467 g/mol. The molecule has 2 aromatic rings. The van der Waals surface area contributed by atoms with Gasteiger partial charge in [-0.1, -0.05) is 36.0 Å². The lowest BCUT2D eigenvalue weighted by atomic mass is 9.81. The van der Waals surface area contributed by atoms with Crippen molar-refractivity contribution in [1.82, 2.24) is 10.0 Å². The number of hydrazine groups is 1. The van der Waals surface area contributed by atoms with E-state index in [-0.39, 0.29) is 15.6 Å². The van der Waals surface area contributed by atoms with Crippen LogP contribution < -0.4 is 4.74 Å². The van der Waals surface area contributed by atoms with Gasteiger partial charge in [-0.3, -0.25) is 19.2 Å². The maximum Gasteiger partial charge on any atom is 0.273 e. The molecule has 0 radical (unpaired) electrons. The van der Waals surface area contributed by atoms with Crippen LogP contribution in [0.4, 0.5) is 0 Å². The Bertz CT molecular complexity index is 1090. The molecule has 1 heterocycles. The van der Waals surface area contributed by atoms with Gasteiger partial charge in [0, 0.05) is 11.1 Å². The van der Waals surface area contributed by atoms with E-state index in [4.69, 9.17) is 27.9 Å². The second-order valence-electron chi connectivity index (χ2n) is 8.13. The molecule has 172 valence electrons. The van der Waals surface area contributed by atoms with Gasteiger partial charge in [-0.15, -0.1) is 0 Å². The fourth-order valence-corrected chi connectivity index (χ4v) is 4.70. The number of fused-ring (bicyclic) bond motifs is 1. The number of methoxy groups -OCH3 is 1. The van der Waals surface area contributed by atoms with Gasteiger partial charge in [-0.05, 0) is 55.3 Å². The first-order valence-electron chi connectivity index (χ1n) is 10.6. The summed E-state index contributed by atoms with van der Waals surface area (Å²) in [7, 11) is 1.51. The van der Waals surface area contributed by atoms with Crippen molar-refractivity contribution in [2.75, 3.05) is 13.7 Å². The number of rotatable bonds is 6. The third-order valence-corrected chi connectivity index (χ3v) is 6.90. The van der Waals surface area contributed by atoms with Gasteiger partial charge in [0.15, 0.2) is 5.78 Å². The molecular formula is C24H22Cl2N2O5. The Morgan fingerprint density at radius 3 is 2.06 bits per heavy atom. The molecule has 1 aliphatic carbocycles. The normalized spacial score (nSPS) is 19.9. The van der Waals surface area contributed by atoms with E-state index in [9.17, 15) is 19.2 Å². The first kappa shape index (κ1) is 23.3. The van der Waals surface area contributed by atoms with Crippen molar-refractivity contribution in [3.63, 3.8) is 0 Å². The minimum atomic E-state index is -0.684. The SMILES string of the molecule is COc1ccc(C(=O)CN(C(=O)c2ccc(Cl)c(Cl)c2)N2C(=O)[C@H]3CCCC[C@H]3C2=O)cc1. The van der Waals surface area contributed by atoms with Crippen LogP contribution in [0.1, 0.15) is 46.4 Å². The quantitative estimate of drug-likeness (QED) is 0.443. The topological polar surface area (TPSA) is 84.0 Å². The summed E-state index contributed by atoms with van der Waals surface area (Å²) in [5, 5.41) is 2.22. The van der Waals surface area contributed by atoms with Crippen molar-refractivity contribution in [3.05, 3.63) is 63.6 Å². The lowest BCUT2D eigenvalue weighted by Crippen LogP contribution is -2.52. The Balaban J connectivity index is 1.69. The summed E-state index contributed by atoms with van der Waals surface area (Å²) < 4.78 is 5.11. The van der Waals surface area contributed by atoms with Crippen LogP contribution in [0, 0.1) is 11.8 Å². The average Bonchev–Trinajstić information content (AvgIpc) is 3.09. The molecule has 2 atom stereocenters. The van der Waals surface area contributed by atoms with Gasteiger partial charge in [0.2, 0.25) is 0 Å². The number of halogens is 2. The highest BCUT2D eigenvalue weighted by Gasteiger charge is 2.51. The van der Waals surface area contributed by atoms with Gasteiger partial charge in [-0.25, -0.2) is 5.01 Å². The third-order valence-electron chi connectivity index (χ3n) is 6.17. The number of hydrogen-bond donors (Lipinski definition) is 0. The Morgan fingerprint density at radius 1 is 0.939 bits per heavy atom. The van der Waals surface area contributed by atoms with Crippen LogP contribution in [0.2, 0.25) is 10.0 Å². The van der Waals surface area contributed by atoms with Crippen molar-refractivity contribution < 1.29 is 23.9 Å². The van der Waals surface area contributed by atoms with Gasteiger partial charge in [0.1, 0.15) is 12.3 Å². The number of ether oxygens (including phenoxy) is 1. The first-order chi connectivity index (χ1) is 15.8. The van der Waals surface area contributed by atoms with Gasteiger partial charge >= 0.3 is 0 Å². The van der Waals surface area contributed by atoms with E-state index in [0.29, 0.717) is 24.2 Å². The Hall–Kier alpha value is -2.90. The summed E-state index contributed by atoms with van der Waals surface area (Å²) in [4.78, 5) is 52.9. The molecule has 9 heteroatoms. The zero-order valence-electron chi connectivity index (χ0n) is 17.9. The molecule has 1 aliphatic heterocycles. The van der Waals surface area contributed by atoms with E-state index >= 15 is 0 Å². The Kier molecular flexibility index (Phi) is 6.72. The van der Waals surface area contributed by atoms with E-state index < -0.39 is 41.9 Å². The number of carbonyl (C=O) groups is 4. The monoisotopic (exact) mass is 488 g/mol. The molecule has 33 heavy (non-hydrogen) atoms. The summed E-state index contributed by atoms with van der Waals surface area (Å²) in [6.45, 7) is -0.484. The molecule has 2 aromatic carbocycles. The number of benzene rings is 2. The molecule has 0 spiro atoms. The van der Waals surface area contributed by atoms with Gasteiger partial charge in [0.25, 0.3) is 17.7 Å². The number of ketones is 1. The molecule has 0 N–H and O–H groups in total. The van der Waals surface area contributed by atoms with Crippen LogP contribution in [-0.4, -0.2) is 47.2 Å². The highest BCUT2D eigenvalue weighted by Crippen LogP contribution is 2.39. The number of hydrogen-bond acceptors (Lipinski definition) is 5. The van der Waals surface area contributed by atoms with E-state index in [1.807, 2.05) is 0 Å². The number of imide groups is 1. The van der Waals surface area contributed by atoms with Crippen LogP contribution in [0.15, 0.2) is 42.5 Å². The molecule has 0 bridgehead atoms. The van der Waals surface area contributed by atoms with Crippen LogP contribution in [0.25, 0.3) is 0 Å². The zero-order valence-corrected chi connectivity index (χ0v) is 19.4. The van der Waals surface area contributed by atoms with E-state index in [0.717, 1.165) is 22.9 Å². The van der Waals surface area contributed by atoms with Crippen molar-refractivity contribution in [3.8, 4) is 5.75 Å². The minimum Gasteiger partial charge on any atom is -0.497 e. The molecule has 1 saturated heterocycles. The predicted molar refractivity (Wildman–Crippen MR) is 122 cm³/mol. The highest BCUT2D eigenvalue weighted by molar-refractivity contribution is 6.42. The minimum absolute atomic E-state index is 0.113. The fourth-order valence-electron chi connectivity index (χ4n) is 4.40. The summed E-state index contributed by atoms with van der Waals surface area (Å²) in [6.07, 6.45) is 2.87. The van der Waals surface area contributed by atoms with E-state index in [1.54, 1.807) is 24.3 Å². The summed E-state index contributed by atoms with van der Waals surface area (Å²) in [5.74, 6) is -2.36. The lowest BCUT2D eigenvalue weighted by molar-refractivity contribution is -0.154. The first-order valence-corrected chi connectivity index (χ1v) is 11.4. The average molecular weight is 489 g/mol. The van der Waals surface area contributed by atoms with Crippen LogP contribution in [0.5, 0.6) is 5.75 Å². The predicted octanol–water partition coefficient (Wildman–Crippen LogP) is 4.42. The molecule has 0 aromatic heterocycles. The van der Waals surface area contributed by atoms with Gasteiger partial charge in [-0.2, -0.15) is 5.01 Å². The molecule has 7 nitrogen and oxygen atoms in total. The molecule has 3 amide bonds. The molecule has 2 fully saturated rings. The van der Waals surface area contributed by atoms with Crippen molar-refractivity contribution >= 4 is 46.7 Å². The van der Waals surface area contributed by atoms with Crippen LogP contribution in [-0.2, 0) is 9.59 Å². The van der Waals surface area contributed by atoms with Crippen molar-refractivity contribution in [2.45, 2.75) is 25.7 Å². The summed E-state index contributed by atoms with van der Waals surface area (Å²) in [5.41, 5.74) is 0.432. The molecule has 4 rings (SSSR count). The fraction of sp³-hybridized carbons (Fsp3) is 0.333. The Labute approximate surface area is 201 Å². The molecule has 0 unspecified atom stereocenters. The highest BCUT2D eigenvalue weighted by atomic mass is 35.5. The largest absolute Gasteiger partial charge is 0.497 e. The van der Waals surface area contributed by atoms with E-state index in [1.165, 1.54) is 25.3 Å². The number of amides is 3. The van der Waals surface area contributed by atoms with E-state index in [2.05, 4.69) is 0 Å². The van der Waals surface area contributed by atoms with Crippen molar-refractivity contribution in [2.24, 2.45) is 11.8 Å². The standard InChI is InChI=1S/C24H22Cl2N2O5/c1-33-16-9-6-14(7-10-16)21(29)13-27(22(30)15-8-11-19(25)20(26)12-15)28-23(31)17-4-2-3-5-18(17)24(28)32/h6-12,17-18H,2-5,13H2,1H3/t17-,18+. The zero-order chi connectivity index (χ0) is 23.7. The summed E-state index contributed by atoms with van der Waals surface area (Å²) >= 11 is 12.1. The smallest absolute Gasteiger partial charge is 0.273 e. The number of nitrogens with zero attached hydrogens (tertiary/aromatic N) is 2. The second-order valence-corrected chi connectivity index (χ2v) is 8.94. The van der Waals surface area contributed by atoms with Gasteiger partial charge in [0.05, 0.1) is 29.0 Å². The van der Waals surface area contributed by atoms with Crippen molar-refractivity contribution in [1.29, 1.82) is 0 Å².